The summed E-state index contributed by atoms with van der Waals surface area (Å²) in [7, 11) is -3.35. The zero-order chi connectivity index (χ0) is 15.3. The summed E-state index contributed by atoms with van der Waals surface area (Å²) in [4.78, 5) is 0. The van der Waals surface area contributed by atoms with Crippen molar-refractivity contribution >= 4 is 15.7 Å². The Hall–Kier alpha value is -1.31. The standard InChI is InChI=1S/C14H22N2O4S/c15-12-2-1-3-14(9-12)20-6-7-21(18,19)16-10-11-4-5-13(17)8-11/h1-3,9,11,13,16-17H,4-8,10,15H2. The number of benzene rings is 1. The van der Waals surface area contributed by atoms with Crippen LogP contribution in [0.15, 0.2) is 24.3 Å². The van der Waals surface area contributed by atoms with E-state index in [1.807, 2.05) is 0 Å². The van der Waals surface area contributed by atoms with E-state index < -0.39 is 10.0 Å². The molecule has 6 nitrogen and oxygen atoms in total. The summed E-state index contributed by atoms with van der Waals surface area (Å²) < 4.78 is 31.6. The number of aliphatic hydroxyl groups is 1. The van der Waals surface area contributed by atoms with Gasteiger partial charge in [0.2, 0.25) is 10.0 Å². The van der Waals surface area contributed by atoms with Crippen LogP contribution < -0.4 is 15.2 Å². The number of nitrogen functional groups attached to an aromatic ring is 1. The van der Waals surface area contributed by atoms with Crippen molar-refractivity contribution in [3.8, 4) is 5.75 Å². The molecule has 1 saturated carbocycles. The molecule has 0 spiro atoms. The minimum Gasteiger partial charge on any atom is -0.492 e. The zero-order valence-corrected chi connectivity index (χ0v) is 12.7. The topological polar surface area (TPSA) is 102 Å². The van der Waals surface area contributed by atoms with E-state index in [9.17, 15) is 13.5 Å². The van der Waals surface area contributed by atoms with Gasteiger partial charge >= 0.3 is 0 Å². The van der Waals surface area contributed by atoms with Gasteiger partial charge in [0.25, 0.3) is 0 Å². The Morgan fingerprint density at radius 1 is 1.38 bits per heavy atom. The molecule has 1 fully saturated rings. The Labute approximate surface area is 125 Å². The number of hydrogen-bond donors (Lipinski definition) is 3. The van der Waals surface area contributed by atoms with E-state index in [1.54, 1.807) is 24.3 Å². The molecule has 0 saturated heterocycles. The molecule has 0 heterocycles. The minimum absolute atomic E-state index is 0.0755. The molecule has 0 radical (unpaired) electrons. The van der Waals surface area contributed by atoms with Gasteiger partial charge in [-0.3, -0.25) is 0 Å². The molecule has 21 heavy (non-hydrogen) atoms. The maximum atomic E-state index is 11.8. The fourth-order valence-electron chi connectivity index (χ4n) is 2.42. The molecule has 1 aliphatic rings. The van der Waals surface area contributed by atoms with E-state index in [-0.39, 0.29) is 24.4 Å². The zero-order valence-electron chi connectivity index (χ0n) is 11.9. The number of nitrogens with two attached hydrogens (primary N) is 1. The number of nitrogens with one attached hydrogen (secondary N) is 1. The molecule has 0 amide bonds. The fourth-order valence-corrected chi connectivity index (χ4v) is 3.36. The number of sulfonamides is 1. The van der Waals surface area contributed by atoms with Gasteiger partial charge < -0.3 is 15.6 Å². The van der Waals surface area contributed by atoms with Gasteiger partial charge in [0.15, 0.2) is 0 Å². The number of rotatable bonds is 7. The molecule has 0 bridgehead atoms. The SMILES string of the molecule is Nc1cccc(OCCS(=O)(=O)NCC2CCC(O)C2)c1. The highest BCUT2D eigenvalue weighted by molar-refractivity contribution is 7.89. The Morgan fingerprint density at radius 3 is 2.86 bits per heavy atom. The van der Waals surface area contributed by atoms with Gasteiger partial charge in [-0.05, 0) is 37.3 Å². The molecule has 1 aromatic carbocycles. The van der Waals surface area contributed by atoms with E-state index >= 15 is 0 Å². The van der Waals surface area contributed by atoms with Crippen LogP contribution in [0, 0.1) is 5.92 Å². The van der Waals surface area contributed by atoms with E-state index in [1.165, 1.54) is 0 Å². The molecular formula is C14H22N2O4S. The van der Waals surface area contributed by atoms with Crippen LogP contribution in [0.4, 0.5) is 5.69 Å². The molecule has 2 rings (SSSR count). The number of aliphatic hydroxyl groups excluding tert-OH is 1. The van der Waals surface area contributed by atoms with Crippen LogP contribution >= 0.6 is 0 Å². The summed E-state index contributed by atoms with van der Waals surface area (Å²) in [5, 5.41) is 9.41. The Kier molecular flexibility index (Phi) is 5.44. The van der Waals surface area contributed by atoms with Crippen LogP contribution in [0.3, 0.4) is 0 Å². The second kappa shape index (κ2) is 7.11. The van der Waals surface area contributed by atoms with Crippen LogP contribution in [0.25, 0.3) is 0 Å². The van der Waals surface area contributed by atoms with E-state index in [0.29, 0.717) is 24.4 Å². The summed E-state index contributed by atoms with van der Waals surface area (Å²) in [6.07, 6.45) is 2.00. The third-order valence-corrected chi connectivity index (χ3v) is 4.89. The molecule has 4 N–H and O–H groups in total. The fraction of sp³-hybridized carbons (Fsp3) is 0.571. The number of anilines is 1. The first kappa shape index (κ1) is 16.1. The third kappa shape index (κ3) is 5.53. The summed E-state index contributed by atoms with van der Waals surface area (Å²) in [5.41, 5.74) is 6.19. The van der Waals surface area contributed by atoms with Crippen molar-refractivity contribution in [2.45, 2.75) is 25.4 Å². The molecule has 2 atom stereocenters. The Balaban J connectivity index is 1.71. The van der Waals surface area contributed by atoms with Crippen molar-refractivity contribution < 1.29 is 18.3 Å². The molecule has 0 aliphatic heterocycles. The predicted molar refractivity (Wildman–Crippen MR) is 81.5 cm³/mol. The second-order valence-electron chi connectivity index (χ2n) is 5.42. The number of ether oxygens (including phenoxy) is 1. The van der Waals surface area contributed by atoms with Gasteiger partial charge in [0, 0.05) is 18.3 Å². The lowest BCUT2D eigenvalue weighted by atomic mass is 10.1. The maximum Gasteiger partial charge on any atom is 0.214 e. The first-order valence-electron chi connectivity index (χ1n) is 7.08. The van der Waals surface area contributed by atoms with Crippen molar-refractivity contribution in [1.82, 2.24) is 4.72 Å². The average molecular weight is 314 g/mol. The molecule has 7 heteroatoms. The lowest BCUT2D eigenvalue weighted by Crippen LogP contribution is -2.32. The summed E-state index contributed by atoms with van der Waals surface area (Å²) >= 11 is 0. The van der Waals surface area contributed by atoms with E-state index in [4.69, 9.17) is 10.5 Å². The van der Waals surface area contributed by atoms with Crippen LogP contribution in [-0.4, -0.2) is 38.5 Å². The molecule has 118 valence electrons. The highest BCUT2D eigenvalue weighted by Crippen LogP contribution is 2.24. The van der Waals surface area contributed by atoms with Crippen LogP contribution in [0.1, 0.15) is 19.3 Å². The first-order chi connectivity index (χ1) is 9.94. The molecule has 1 aromatic rings. The monoisotopic (exact) mass is 314 g/mol. The summed E-state index contributed by atoms with van der Waals surface area (Å²) in [6, 6.07) is 6.88. The summed E-state index contributed by atoms with van der Waals surface area (Å²) in [6.45, 7) is 0.462. The minimum atomic E-state index is -3.35. The van der Waals surface area contributed by atoms with E-state index in [0.717, 1.165) is 12.8 Å². The Bertz CT molecular complexity index is 562. The van der Waals surface area contributed by atoms with Crippen LogP contribution in [-0.2, 0) is 10.0 Å². The quantitative estimate of drug-likeness (QED) is 0.644. The summed E-state index contributed by atoms with van der Waals surface area (Å²) in [5.74, 6) is 0.686. The van der Waals surface area contributed by atoms with E-state index in [2.05, 4.69) is 4.72 Å². The first-order valence-corrected chi connectivity index (χ1v) is 8.73. The van der Waals surface area contributed by atoms with Gasteiger partial charge in [-0.2, -0.15) is 0 Å². The molecule has 2 unspecified atom stereocenters. The van der Waals surface area contributed by atoms with Gasteiger partial charge in [-0.25, -0.2) is 13.1 Å². The van der Waals surface area contributed by atoms with Gasteiger partial charge in [-0.1, -0.05) is 6.07 Å². The highest BCUT2D eigenvalue weighted by Gasteiger charge is 2.24. The van der Waals surface area contributed by atoms with Gasteiger partial charge in [0.05, 0.1) is 11.9 Å². The Morgan fingerprint density at radius 2 is 2.19 bits per heavy atom. The maximum absolute atomic E-state index is 11.8. The van der Waals surface area contributed by atoms with Gasteiger partial charge in [0.1, 0.15) is 12.4 Å². The lowest BCUT2D eigenvalue weighted by molar-refractivity contribution is 0.178. The van der Waals surface area contributed by atoms with Crippen molar-refractivity contribution in [1.29, 1.82) is 0 Å². The predicted octanol–water partition coefficient (Wildman–Crippen LogP) is 0.728. The average Bonchev–Trinajstić information content (AvgIpc) is 2.82. The normalized spacial score (nSPS) is 22.3. The van der Waals surface area contributed by atoms with Crippen LogP contribution in [0.5, 0.6) is 5.75 Å². The molecular weight excluding hydrogens is 292 g/mol. The molecule has 0 aromatic heterocycles. The smallest absolute Gasteiger partial charge is 0.214 e. The van der Waals surface area contributed by atoms with Crippen molar-refractivity contribution in [2.24, 2.45) is 5.92 Å². The second-order valence-corrected chi connectivity index (χ2v) is 7.35. The van der Waals surface area contributed by atoms with Crippen molar-refractivity contribution in [3.05, 3.63) is 24.3 Å². The largest absolute Gasteiger partial charge is 0.492 e. The highest BCUT2D eigenvalue weighted by atomic mass is 32.2. The lowest BCUT2D eigenvalue weighted by Gasteiger charge is -2.12. The molecule has 1 aliphatic carbocycles. The van der Waals surface area contributed by atoms with Crippen molar-refractivity contribution in [2.75, 3.05) is 24.6 Å². The number of hydrogen-bond acceptors (Lipinski definition) is 5. The van der Waals surface area contributed by atoms with Crippen LogP contribution in [0.2, 0.25) is 0 Å². The van der Waals surface area contributed by atoms with Crippen molar-refractivity contribution in [3.63, 3.8) is 0 Å². The third-order valence-electron chi connectivity index (χ3n) is 3.58. The van der Waals surface area contributed by atoms with Gasteiger partial charge in [-0.15, -0.1) is 0 Å².